The molecule has 2 aromatic rings. The van der Waals surface area contributed by atoms with Gasteiger partial charge in [-0.25, -0.2) is 19.5 Å². The Bertz CT molecular complexity index is 880. The second-order valence-electron chi connectivity index (χ2n) is 5.98. The third-order valence-electron chi connectivity index (χ3n) is 4.09. The second-order valence-corrected chi connectivity index (χ2v) is 5.98. The van der Waals surface area contributed by atoms with E-state index >= 15 is 0 Å². The molecule has 8 nitrogen and oxygen atoms in total. The minimum atomic E-state index is -1.36. The fourth-order valence-electron chi connectivity index (χ4n) is 2.72. The zero-order chi connectivity index (χ0) is 19.4. The maximum absolute atomic E-state index is 12.5. The van der Waals surface area contributed by atoms with Crippen molar-refractivity contribution in [1.82, 2.24) is 9.91 Å². The summed E-state index contributed by atoms with van der Waals surface area (Å²) in [5.74, 6) is -1.88. The smallest absolute Gasteiger partial charge is 0.348 e. The number of rotatable bonds is 6. The molecule has 27 heavy (non-hydrogen) atoms. The van der Waals surface area contributed by atoms with Crippen molar-refractivity contribution in [3.8, 4) is 5.75 Å². The van der Waals surface area contributed by atoms with E-state index in [1.54, 1.807) is 24.3 Å². The molecule has 8 heteroatoms. The van der Waals surface area contributed by atoms with Crippen LogP contribution in [0.15, 0.2) is 59.7 Å². The molecule has 2 aromatic carbocycles. The van der Waals surface area contributed by atoms with Crippen molar-refractivity contribution in [2.75, 3.05) is 6.54 Å². The zero-order valence-corrected chi connectivity index (χ0v) is 14.2. The summed E-state index contributed by atoms with van der Waals surface area (Å²) >= 11 is 0. The van der Waals surface area contributed by atoms with Crippen LogP contribution in [-0.4, -0.2) is 56.8 Å². The van der Waals surface area contributed by atoms with Gasteiger partial charge in [0, 0.05) is 6.42 Å². The standard InChI is InChI=1S/C19H17N3O5/c23-15-8-6-13(7-9-15)10-16(18(25)26)22-17(24)12-21(19(22)27)20-11-14-4-2-1-3-5-14/h1-9,11,16,23H,10,12H2,(H,25,26)/b20-11+/t16-/m1/s1. The molecule has 3 amide bonds. The van der Waals surface area contributed by atoms with Gasteiger partial charge in [-0.05, 0) is 23.3 Å². The lowest BCUT2D eigenvalue weighted by Gasteiger charge is -2.22. The summed E-state index contributed by atoms with van der Waals surface area (Å²) in [6.45, 7) is -0.318. The van der Waals surface area contributed by atoms with Crippen LogP contribution >= 0.6 is 0 Å². The van der Waals surface area contributed by atoms with E-state index in [4.69, 9.17) is 0 Å². The number of phenolic OH excluding ortho intramolecular Hbond substituents is 1. The van der Waals surface area contributed by atoms with Crippen molar-refractivity contribution in [3.05, 3.63) is 65.7 Å². The van der Waals surface area contributed by atoms with Crippen LogP contribution in [0.2, 0.25) is 0 Å². The van der Waals surface area contributed by atoms with Crippen molar-refractivity contribution in [1.29, 1.82) is 0 Å². The fraction of sp³-hybridized carbons (Fsp3) is 0.158. The van der Waals surface area contributed by atoms with E-state index < -0.39 is 23.9 Å². The van der Waals surface area contributed by atoms with Gasteiger partial charge in [-0.2, -0.15) is 5.10 Å². The van der Waals surface area contributed by atoms with Gasteiger partial charge >= 0.3 is 12.0 Å². The number of benzene rings is 2. The largest absolute Gasteiger partial charge is 0.508 e. The average molecular weight is 367 g/mol. The molecule has 1 saturated heterocycles. The number of amides is 3. The molecule has 0 aliphatic carbocycles. The first-order valence-corrected chi connectivity index (χ1v) is 8.19. The maximum atomic E-state index is 12.5. The van der Waals surface area contributed by atoms with Gasteiger partial charge in [0.15, 0.2) is 0 Å². The number of hydrazone groups is 1. The molecule has 138 valence electrons. The monoisotopic (exact) mass is 367 g/mol. The molecule has 0 radical (unpaired) electrons. The van der Waals surface area contributed by atoms with E-state index in [0.717, 1.165) is 15.5 Å². The van der Waals surface area contributed by atoms with Crippen molar-refractivity contribution >= 4 is 24.1 Å². The molecule has 0 unspecified atom stereocenters. The zero-order valence-electron chi connectivity index (χ0n) is 14.2. The summed E-state index contributed by atoms with van der Waals surface area (Å²) in [4.78, 5) is 37.2. The number of carbonyl (C=O) groups is 3. The molecule has 1 aliphatic heterocycles. The Hall–Kier alpha value is -3.68. The van der Waals surface area contributed by atoms with Gasteiger partial charge in [0.1, 0.15) is 18.3 Å². The first kappa shape index (κ1) is 18.1. The summed E-state index contributed by atoms with van der Waals surface area (Å²) in [6, 6.07) is 12.8. The van der Waals surface area contributed by atoms with Crippen LogP contribution in [0, 0.1) is 0 Å². The molecule has 1 atom stereocenters. The number of aromatic hydroxyl groups is 1. The van der Waals surface area contributed by atoms with Gasteiger partial charge in [0.25, 0.3) is 5.91 Å². The SMILES string of the molecule is O=C(O)[C@@H](Cc1ccc(O)cc1)N1C(=O)CN(/N=C/c2ccccc2)C1=O. The summed E-state index contributed by atoms with van der Waals surface area (Å²) in [7, 11) is 0. The lowest BCUT2D eigenvalue weighted by molar-refractivity contribution is -0.146. The quantitative estimate of drug-likeness (QED) is 0.596. The molecular formula is C19H17N3O5. The van der Waals surface area contributed by atoms with E-state index in [9.17, 15) is 24.6 Å². The van der Waals surface area contributed by atoms with Gasteiger partial charge in [0.05, 0.1) is 6.21 Å². The molecule has 1 fully saturated rings. The van der Waals surface area contributed by atoms with Crippen LogP contribution in [0.5, 0.6) is 5.75 Å². The van der Waals surface area contributed by atoms with Crippen LogP contribution in [0.1, 0.15) is 11.1 Å². The highest BCUT2D eigenvalue weighted by Crippen LogP contribution is 2.19. The molecular weight excluding hydrogens is 350 g/mol. The molecule has 3 rings (SSSR count). The molecule has 0 saturated carbocycles. The van der Waals surface area contributed by atoms with E-state index in [-0.39, 0.29) is 18.7 Å². The van der Waals surface area contributed by atoms with Crippen LogP contribution in [0.3, 0.4) is 0 Å². The van der Waals surface area contributed by atoms with Crippen molar-refractivity contribution in [2.45, 2.75) is 12.5 Å². The van der Waals surface area contributed by atoms with Gasteiger partial charge < -0.3 is 10.2 Å². The predicted octanol–water partition coefficient (Wildman–Crippen LogP) is 1.69. The normalized spacial score (nSPS) is 15.6. The highest BCUT2D eigenvalue weighted by Gasteiger charge is 2.43. The maximum Gasteiger partial charge on any atom is 0.348 e. The van der Waals surface area contributed by atoms with Crippen molar-refractivity contribution in [3.63, 3.8) is 0 Å². The highest BCUT2D eigenvalue weighted by atomic mass is 16.4. The minimum absolute atomic E-state index is 0.0420. The van der Waals surface area contributed by atoms with E-state index in [1.165, 1.54) is 18.3 Å². The van der Waals surface area contributed by atoms with Crippen LogP contribution in [-0.2, 0) is 16.0 Å². The van der Waals surface area contributed by atoms with Crippen LogP contribution in [0.4, 0.5) is 4.79 Å². The number of aliphatic carboxylic acids is 1. The fourth-order valence-corrected chi connectivity index (χ4v) is 2.72. The van der Waals surface area contributed by atoms with E-state index in [2.05, 4.69) is 5.10 Å². The molecule has 0 aromatic heterocycles. The molecule has 1 aliphatic rings. The summed E-state index contributed by atoms with van der Waals surface area (Å²) in [5, 5.41) is 23.8. The number of urea groups is 1. The first-order valence-electron chi connectivity index (χ1n) is 8.19. The van der Waals surface area contributed by atoms with Gasteiger partial charge in [-0.15, -0.1) is 0 Å². The number of phenols is 1. The van der Waals surface area contributed by atoms with Gasteiger partial charge in [-0.1, -0.05) is 42.5 Å². The number of carbonyl (C=O) groups excluding carboxylic acids is 2. The number of hydrogen-bond donors (Lipinski definition) is 2. The topological polar surface area (TPSA) is 111 Å². The Morgan fingerprint density at radius 1 is 1.11 bits per heavy atom. The number of imide groups is 1. The van der Waals surface area contributed by atoms with Crippen LogP contribution in [0.25, 0.3) is 0 Å². The number of carboxylic acids is 1. The Morgan fingerprint density at radius 3 is 2.41 bits per heavy atom. The molecule has 1 heterocycles. The Labute approximate surface area is 154 Å². The lowest BCUT2D eigenvalue weighted by Crippen LogP contribution is -2.46. The molecule has 0 bridgehead atoms. The minimum Gasteiger partial charge on any atom is -0.508 e. The summed E-state index contributed by atoms with van der Waals surface area (Å²) in [5.41, 5.74) is 1.32. The van der Waals surface area contributed by atoms with Gasteiger partial charge in [0.2, 0.25) is 0 Å². The first-order chi connectivity index (χ1) is 13.0. The summed E-state index contributed by atoms with van der Waals surface area (Å²) < 4.78 is 0. The third-order valence-corrected chi connectivity index (χ3v) is 4.09. The van der Waals surface area contributed by atoms with Crippen molar-refractivity contribution < 1.29 is 24.6 Å². The molecule has 0 spiro atoms. The van der Waals surface area contributed by atoms with Gasteiger partial charge in [-0.3, -0.25) is 4.79 Å². The summed E-state index contributed by atoms with van der Waals surface area (Å²) in [6.07, 6.45) is 1.37. The number of hydrogen-bond acceptors (Lipinski definition) is 5. The van der Waals surface area contributed by atoms with Crippen molar-refractivity contribution in [2.24, 2.45) is 5.10 Å². The number of carboxylic acid groups (broad SMARTS) is 1. The Morgan fingerprint density at radius 2 is 1.78 bits per heavy atom. The second kappa shape index (κ2) is 7.69. The average Bonchev–Trinajstić information content (AvgIpc) is 2.94. The lowest BCUT2D eigenvalue weighted by atomic mass is 10.0. The molecule has 2 N–H and O–H groups in total. The Kier molecular flexibility index (Phi) is 5.16. The Balaban J connectivity index is 1.78. The van der Waals surface area contributed by atoms with Crippen LogP contribution < -0.4 is 0 Å². The third kappa shape index (κ3) is 4.12. The highest BCUT2D eigenvalue weighted by molar-refractivity contribution is 6.05. The number of nitrogens with zero attached hydrogens (tertiary/aromatic N) is 3. The van der Waals surface area contributed by atoms with E-state index in [0.29, 0.717) is 5.56 Å². The predicted molar refractivity (Wildman–Crippen MR) is 96.2 cm³/mol. The van der Waals surface area contributed by atoms with E-state index in [1.807, 2.05) is 18.2 Å².